The molecule has 10 heteroatoms. The fraction of sp³-hybridized carbons (Fsp3) is 0.0833. The fourth-order valence-electron chi connectivity index (χ4n) is 1.67. The normalized spacial score (nSPS) is 11.0. The highest BCUT2D eigenvalue weighted by Gasteiger charge is 2.19. The molecule has 114 valence electrons. The fourth-order valence-corrected chi connectivity index (χ4v) is 2.97. The van der Waals surface area contributed by atoms with Crippen LogP contribution in [0.25, 0.3) is 0 Å². The highest BCUT2D eigenvalue weighted by atomic mass is 35.5. The molecule has 0 spiro atoms. The highest BCUT2D eigenvalue weighted by molar-refractivity contribution is 7.92. The maximum atomic E-state index is 12.2. The van der Waals surface area contributed by atoms with Gasteiger partial charge in [0.25, 0.3) is 10.0 Å². The van der Waals surface area contributed by atoms with E-state index in [0.717, 1.165) is 16.8 Å². The molecule has 2 aromatic rings. The van der Waals surface area contributed by atoms with Gasteiger partial charge in [-0.25, -0.2) is 13.2 Å². The van der Waals surface area contributed by atoms with Gasteiger partial charge in [-0.05, 0) is 18.2 Å². The van der Waals surface area contributed by atoms with Crippen LogP contribution in [0.4, 0.5) is 5.82 Å². The molecule has 0 amide bonds. The topological polar surface area (TPSA) is 125 Å². The van der Waals surface area contributed by atoms with Gasteiger partial charge in [-0.15, -0.1) is 0 Å². The average molecular weight is 341 g/mol. The number of anilines is 1. The van der Waals surface area contributed by atoms with Crippen LogP contribution in [0.15, 0.2) is 29.2 Å². The van der Waals surface area contributed by atoms with Gasteiger partial charge >= 0.3 is 5.97 Å². The number of carboxylic acid groups (broad SMARTS) is 1. The number of sulfonamides is 1. The first-order chi connectivity index (χ1) is 10.2. The van der Waals surface area contributed by atoms with Crippen molar-refractivity contribution < 1.29 is 18.3 Å². The summed E-state index contributed by atoms with van der Waals surface area (Å²) in [6, 6.07) is 6.53. The molecular formula is C12H9ClN4O4S. The lowest BCUT2D eigenvalue weighted by molar-refractivity contribution is 0.0685. The van der Waals surface area contributed by atoms with E-state index in [1.54, 1.807) is 0 Å². The van der Waals surface area contributed by atoms with E-state index in [0.29, 0.717) is 0 Å². The molecule has 8 nitrogen and oxygen atoms in total. The molecule has 0 bridgehead atoms. The zero-order valence-corrected chi connectivity index (χ0v) is 12.7. The molecule has 0 saturated heterocycles. The third kappa shape index (κ3) is 3.03. The van der Waals surface area contributed by atoms with Gasteiger partial charge in [0.05, 0.1) is 15.5 Å². The number of benzene rings is 1. The summed E-state index contributed by atoms with van der Waals surface area (Å²) < 4.78 is 27.6. The lowest BCUT2D eigenvalue weighted by Gasteiger charge is -2.06. The zero-order chi connectivity index (χ0) is 16.5. The molecule has 0 radical (unpaired) electrons. The van der Waals surface area contributed by atoms with E-state index in [1.807, 2.05) is 6.07 Å². The summed E-state index contributed by atoms with van der Waals surface area (Å²) in [4.78, 5) is 10.7. The maximum Gasteiger partial charge on any atom is 0.354 e. The van der Waals surface area contributed by atoms with Crippen LogP contribution in [0, 0.1) is 11.3 Å². The van der Waals surface area contributed by atoms with Gasteiger partial charge in [0, 0.05) is 13.1 Å². The van der Waals surface area contributed by atoms with Crippen molar-refractivity contribution in [3.05, 3.63) is 40.5 Å². The molecule has 0 atom stereocenters. The summed E-state index contributed by atoms with van der Waals surface area (Å²) in [5, 5.41) is 21.4. The molecule has 1 heterocycles. The summed E-state index contributed by atoms with van der Waals surface area (Å²) >= 11 is 5.80. The van der Waals surface area contributed by atoms with E-state index in [-0.39, 0.29) is 27.0 Å². The van der Waals surface area contributed by atoms with Crippen LogP contribution in [0.1, 0.15) is 16.1 Å². The first-order valence-electron chi connectivity index (χ1n) is 5.74. The second kappa shape index (κ2) is 5.67. The number of carbonyl (C=O) groups is 1. The highest BCUT2D eigenvalue weighted by Crippen LogP contribution is 2.22. The second-order valence-corrected chi connectivity index (χ2v) is 6.29. The summed E-state index contributed by atoms with van der Waals surface area (Å²) in [5.41, 5.74) is -0.0258. The predicted molar refractivity (Wildman–Crippen MR) is 77.1 cm³/mol. The van der Waals surface area contributed by atoms with Gasteiger partial charge in [0.1, 0.15) is 11.8 Å². The Morgan fingerprint density at radius 2 is 2.14 bits per heavy atom. The Morgan fingerprint density at radius 3 is 2.64 bits per heavy atom. The maximum absolute atomic E-state index is 12.2. The van der Waals surface area contributed by atoms with Crippen molar-refractivity contribution in [3.63, 3.8) is 0 Å². The minimum absolute atomic E-state index is 0.00220. The van der Waals surface area contributed by atoms with Crippen molar-refractivity contribution in [3.8, 4) is 6.07 Å². The number of hydrogen-bond acceptors (Lipinski definition) is 5. The zero-order valence-electron chi connectivity index (χ0n) is 11.1. The van der Waals surface area contributed by atoms with E-state index in [9.17, 15) is 13.2 Å². The Labute approximate surface area is 130 Å². The number of halogens is 1. The van der Waals surface area contributed by atoms with Crippen LogP contribution in [-0.4, -0.2) is 29.3 Å². The minimum atomic E-state index is -4.00. The third-order valence-electron chi connectivity index (χ3n) is 2.71. The van der Waals surface area contributed by atoms with Crippen LogP contribution in [0.3, 0.4) is 0 Å². The number of aryl methyl sites for hydroxylation is 1. The number of hydrogen-bond donors (Lipinski definition) is 2. The van der Waals surface area contributed by atoms with Gasteiger partial charge in [-0.3, -0.25) is 9.40 Å². The standard InChI is InChI=1S/C12H9ClN4O4S/c1-17-10(12(18)19)5-11(15-17)16-22(20,21)8-3-2-7(6-14)9(13)4-8/h2-5H,1H3,(H,15,16)(H,18,19). The van der Waals surface area contributed by atoms with Crippen molar-refractivity contribution in [1.29, 1.82) is 5.26 Å². The Kier molecular flexibility index (Phi) is 4.07. The Bertz CT molecular complexity index is 898. The number of rotatable bonds is 4. The second-order valence-electron chi connectivity index (χ2n) is 4.20. The van der Waals surface area contributed by atoms with Crippen LogP contribution >= 0.6 is 11.6 Å². The van der Waals surface area contributed by atoms with Crippen LogP contribution in [0.2, 0.25) is 5.02 Å². The lowest BCUT2D eigenvalue weighted by atomic mass is 10.2. The third-order valence-corrected chi connectivity index (χ3v) is 4.37. The molecule has 2 N–H and O–H groups in total. The number of nitrogens with zero attached hydrogens (tertiary/aromatic N) is 3. The van der Waals surface area contributed by atoms with Gasteiger partial charge in [-0.2, -0.15) is 10.4 Å². The molecule has 0 aliphatic heterocycles. The van der Waals surface area contributed by atoms with E-state index >= 15 is 0 Å². The van der Waals surface area contributed by atoms with Crippen LogP contribution in [0.5, 0.6) is 0 Å². The van der Waals surface area contributed by atoms with Crippen LogP contribution < -0.4 is 4.72 Å². The smallest absolute Gasteiger partial charge is 0.354 e. The predicted octanol–water partition coefficient (Wildman–Crippen LogP) is 1.44. The number of nitrogens with one attached hydrogen (secondary N) is 1. The van der Waals surface area contributed by atoms with E-state index < -0.39 is 16.0 Å². The van der Waals surface area contributed by atoms with Crippen molar-refractivity contribution in [2.24, 2.45) is 7.05 Å². The summed E-state index contributed by atoms with van der Waals surface area (Å²) in [7, 11) is -2.63. The largest absolute Gasteiger partial charge is 0.477 e. The molecule has 22 heavy (non-hydrogen) atoms. The van der Waals surface area contributed by atoms with Crippen molar-refractivity contribution in [2.45, 2.75) is 4.90 Å². The first kappa shape index (κ1) is 15.8. The summed E-state index contributed by atoms with van der Waals surface area (Å²) in [5.74, 6) is -1.37. The van der Waals surface area contributed by atoms with E-state index in [2.05, 4.69) is 9.82 Å². The molecule has 0 fully saturated rings. The Morgan fingerprint density at radius 1 is 1.45 bits per heavy atom. The molecule has 1 aromatic carbocycles. The first-order valence-corrected chi connectivity index (χ1v) is 7.60. The van der Waals surface area contributed by atoms with Gasteiger partial charge < -0.3 is 5.11 Å². The molecule has 0 aliphatic carbocycles. The van der Waals surface area contributed by atoms with E-state index in [4.69, 9.17) is 22.0 Å². The van der Waals surface area contributed by atoms with Gasteiger partial charge in [0.15, 0.2) is 5.82 Å². The summed E-state index contributed by atoms with van der Waals surface area (Å²) in [6.07, 6.45) is 0. The molecule has 0 unspecified atom stereocenters. The number of carboxylic acids is 1. The minimum Gasteiger partial charge on any atom is -0.477 e. The average Bonchev–Trinajstić information content (AvgIpc) is 2.78. The number of aromatic carboxylic acids is 1. The Hall–Kier alpha value is -2.57. The molecule has 0 aliphatic rings. The van der Waals surface area contributed by atoms with E-state index in [1.165, 1.54) is 19.2 Å². The SMILES string of the molecule is Cn1nc(NS(=O)(=O)c2ccc(C#N)c(Cl)c2)cc1C(=O)O. The van der Waals surface area contributed by atoms with Crippen molar-refractivity contribution >= 4 is 33.4 Å². The number of nitriles is 1. The van der Waals surface area contributed by atoms with Gasteiger partial charge in [0.2, 0.25) is 0 Å². The summed E-state index contributed by atoms with van der Waals surface area (Å²) in [6.45, 7) is 0. The molecule has 0 saturated carbocycles. The van der Waals surface area contributed by atoms with Crippen molar-refractivity contribution in [2.75, 3.05) is 4.72 Å². The molecular weight excluding hydrogens is 332 g/mol. The van der Waals surface area contributed by atoms with Gasteiger partial charge in [-0.1, -0.05) is 11.6 Å². The number of aromatic nitrogens is 2. The Balaban J connectivity index is 2.36. The molecule has 1 aromatic heterocycles. The molecule has 2 rings (SSSR count). The monoisotopic (exact) mass is 340 g/mol. The van der Waals surface area contributed by atoms with Crippen LogP contribution in [-0.2, 0) is 17.1 Å². The quantitative estimate of drug-likeness (QED) is 0.867. The van der Waals surface area contributed by atoms with Crippen molar-refractivity contribution in [1.82, 2.24) is 9.78 Å². The lowest BCUT2D eigenvalue weighted by Crippen LogP contribution is -2.13.